The minimum Gasteiger partial charge on any atom is -0.394 e. The molecule has 0 aromatic carbocycles. The first-order valence-electron chi connectivity index (χ1n) is 9.31. The van der Waals surface area contributed by atoms with Crippen LogP contribution in [0.2, 0.25) is 0 Å². The van der Waals surface area contributed by atoms with Crippen molar-refractivity contribution in [2.24, 2.45) is 0 Å². The number of halogens is 1. The maximum absolute atomic E-state index is 10.2. The predicted molar refractivity (Wildman–Crippen MR) is 103 cm³/mol. The minimum atomic E-state index is -1.09. The van der Waals surface area contributed by atoms with Crippen molar-refractivity contribution in [2.75, 3.05) is 24.6 Å². The van der Waals surface area contributed by atoms with Crippen molar-refractivity contribution in [3.63, 3.8) is 0 Å². The van der Waals surface area contributed by atoms with Gasteiger partial charge in [0.1, 0.15) is 30.0 Å². The highest BCUT2D eigenvalue weighted by molar-refractivity contribution is 5.85. The van der Waals surface area contributed by atoms with E-state index in [2.05, 4.69) is 9.88 Å². The third-order valence-electron chi connectivity index (χ3n) is 5.44. The lowest BCUT2D eigenvalue weighted by atomic mass is 10.1. The minimum absolute atomic E-state index is 0. The Morgan fingerprint density at radius 2 is 1.81 bits per heavy atom. The maximum atomic E-state index is 10.2. The quantitative estimate of drug-likeness (QED) is 0.688. The molecule has 0 spiro atoms. The number of nitrogens with zero attached hydrogens (tertiary/aromatic N) is 4. The molecule has 2 saturated heterocycles. The molecule has 150 valence electrons. The normalized spacial score (nSPS) is 28.5. The zero-order valence-corrected chi connectivity index (χ0v) is 16.2. The zero-order chi connectivity index (χ0) is 18.3. The van der Waals surface area contributed by atoms with Gasteiger partial charge in [0, 0.05) is 19.5 Å². The Morgan fingerprint density at radius 3 is 2.48 bits per heavy atom. The summed E-state index contributed by atoms with van der Waals surface area (Å²) in [5.41, 5.74) is 1.79. The molecule has 27 heavy (non-hydrogen) atoms. The second-order valence-corrected chi connectivity index (χ2v) is 7.23. The van der Waals surface area contributed by atoms with Gasteiger partial charge in [0.2, 0.25) is 0 Å². The topological polar surface area (TPSA) is 103 Å². The molecule has 0 radical (unpaired) electrons. The molecule has 3 N–H and O–H groups in total. The van der Waals surface area contributed by atoms with E-state index in [4.69, 9.17) is 9.84 Å². The Bertz CT molecular complexity index is 780. The van der Waals surface area contributed by atoms with E-state index in [1.807, 2.05) is 23.6 Å². The van der Waals surface area contributed by atoms with E-state index in [9.17, 15) is 15.3 Å². The summed E-state index contributed by atoms with van der Waals surface area (Å²) < 4.78 is 7.42. The summed E-state index contributed by atoms with van der Waals surface area (Å²) in [4.78, 5) is 6.88. The molecule has 2 fully saturated rings. The lowest BCUT2D eigenvalue weighted by Crippen LogP contribution is -2.34. The van der Waals surface area contributed by atoms with E-state index in [0.29, 0.717) is 12.2 Å². The van der Waals surface area contributed by atoms with Crippen LogP contribution in [0.5, 0.6) is 0 Å². The van der Waals surface area contributed by atoms with Crippen molar-refractivity contribution in [3.8, 4) is 0 Å². The Morgan fingerprint density at radius 1 is 1.11 bits per heavy atom. The number of aliphatic hydroxyl groups is 3. The SMILES string of the molecule is Cc1nc(C[C@@H]2O[C@H](CO)[C@@H](O)[C@H]2O)n2nc(N3CCCCC3)ccc12.Cl. The monoisotopic (exact) mass is 398 g/mol. The third-order valence-corrected chi connectivity index (χ3v) is 5.44. The molecule has 2 aliphatic rings. The van der Waals surface area contributed by atoms with Crippen molar-refractivity contribution in [1.82, 2.24) is 14.6 Å². The molecule has 0 unspecified atom stereocenters. The van der Waals surface area contributed by atoms with Crippen LogP contribution in [0.3, 0.4) is 0 Å². The van der Waals surface area contributed by atoms with Crippen LogP contribution in [0.1, 0.15) is 30.8 Å². The van der Waals surface area contributed by atoms with Gasteiger partial charge in [-0.1, -0.05) is 0 Å². The van der Waals surface area contributed by atoms with E-state index in [1.165, 1.54) is 19.3 Å². The molecule has 0 aliphatic carbocycles. The van der Waals surface area contributed by atoms with Gasteiger partial charge >= 0.3 is 0 Å². The Labute approximate surface area is 164 Å². The van der Waals surface area contributed by atoms with Gasteiger partial charge in [-0.05, 0) is 38.3 Å². The number of hydrogen-bond acceptors (Lipinski definition) is 7. The van der Waals surface area contributed by atoms with Gasteiger partial charge < -0.3 is 25.0 Å². The van der Waals surface area contributed by atoms with E-state index in [1.54, 1.807) is 0 Å². The standard InChI is InChI=1S/C18H26N4O4.ClH/c1-11-12-5-6-15(21-7-3-2-4-8-21)20-22(12)16(19-11)9-13-17(24)18(25)14(10-23)26-13;/h5-6,13-14,17-18,23-25H,2-4,7-10H2,1H3;1H/t13-,14+,17-,18+;/m0./s1. The van der Waals surface area contributed by atoms with Crippen molar-refractivity contribution >= 4 is 23.7 Å². The first kappa shape index (κ1) is 20.3. The molecule has 4 heterocycles. The third kappa shape index (κ3) is 3.77. The largest absolute Gasteiger partial charge is 0.394 e. The lowest BCUT2D eigenvalue weighted by Gasteiger charge is -2.27. The van der Waals surface area contributed by atoms with Gasteiger partial charge in [-0.2, -0.15) is 0 Å². The van der Waals surface area contributed by atoms with Crippen LogP contribution in [0.25, 0.3) is 5.52 Å². The van der Waals surface area contributed by atoms with Crippen molar-refractivity contribution in [2.45, 2.75) is 57.0 Å². The highest BCUT2D eigenvalue weighted by Crippen LogP contribution is 2.25. The molecule has 4 rings (SSSR count). The summed E-state index contributed by atoms with van der Waals surface area (Å²) in [6.07, 6.45) is 0.418. The van der Waals surface area contributed by atoms with Crippen LogP contribution < -0.4 is 4.90 Å². The molecule has 0 bridgehead atoms. The summed E-state index contributed by atoms with van der Waals surface area (Å²) >= 11 is 0. The van der Waals surface area contributed by atoms with Gasteiger partial charge in [0.15, 0.2) is 0 Å². The van der Waals surface area contributed by atoms with Gasteiger partial charge in [-0.15, -0.1) is 17.5 Å². The molecule has 2 aliphatic heterocycles. The number of rotatable bonds is 4. The van der Waals surface area contributed by atoms with Gasteiger partial charge in [0.25, 0.3) is 0 Å². The average Bonchev–Trinajstić information content (AvgIpc) is 3.13. The van der Waals surface area contributed by atoms with Crippen molar-refractivity contribution in [3.05, 3.63) is 23.7 Å². The molecule has 4 atom stereocenters. The first-order valence-corrected chi connectivity index (χ1v) is 9.31. The molecular weight excluding hydrogens is 372 g/mol. The number of fused-ring (bicyclic) bond motifs is 1. The number of hydrogen-bond donors (Lipinski definition) is 3. The fraction of sp³-hybridized carbons (Fsp3) is 0.667. The Hall–Kier alpha value is -1.45. The number of aliphatic hydroxyl groups excluding tert-OH is 3. The van der Waals surface area contributed by atoms with Crippen LogP contribution in [-0.2, 0) is 11.2 Å². The average molecular weight is 399 g/mol. The fourth-order valence-electron chi connectivity index (χ4n) is 3.93. The second-order valence-electron chi connectivity index (χ2n) is 7.23. The predicted octanol–water partition coefficient (Wildman–Crippen LogP) is 0.474. The van der Waals surface area contributed by atoms with E-state index in [-0.39, 0.29) is 19.0 Å². The molecule has 2 aromatic rings. The summed E-state index contributed by atoms with van der Waals surface area (Å²) in [6, 6.07) is 4.06. The molecule has 2 aromatic heterocycles. The summed E-state index contributed by atoms with van der Waals surface area (Å²) in [7, 11) is 0. The van der Waals surface area contributed by atoms with Crippen LogP contribution in [0.4, 0.5) is 5.82 Å². The van der Waals surface area contributed by atoms with Crippen molar-refractivity contribution in [1.29, 1.82) is 0 Å². The second kappa shape index (κ2) is 8.28. The van der Waals surface area contributed by atoms with Crippen LogP contribution in [0, 0.1) is 6.92 Å². The fourth-order valence-corrected chi connectivity index (χ4v) is 3.93. The van der Waals surface area contributed by atoms with E-state index in [0.717, 1.165) is 30.1 Å². The smallest absolute Gasteiger partial charge is 0.149 e. The van der Waals surface area contributed by atoms with Crippen molar-refractivity contribution < 1.29 is 20.1 Å². The number of ether oxygens (including phenoxy) is 1. The number of anilines is 1. The van der Waals surface area contributed by atoms with Gasteiger partial charge in [0.05, 0.1) is 23.9 Å². The zero-order valence-electron chi connectivity index (χ0n) is 15.4. The lowest BCUT2D eigenvalue weighted by molar-refractivity contribution is -0.0221. The molecule has 0 saturated carbocycles. The highest BCUT2D eigenvalue weighted by Gasteiger charge is 2.42. The number of aromatic nitrogens is 3. The number of piperidine rings is 1. The highest BCUT2D eigenvalue weighted by atomic mass is 35.5. The van der Waals surface area contributed by atoms with E-state index >= 15 is 0 Å². The van der Waals surface area contributed by atoms with E-state index < -0.39 is 24.4 Å². The molecular formula is C18H27ClN4O4. The summed E-state index contributed by atoms with van der Waals surface area (Å²) in [5, 5.41) is 34.2. The van der Waals surface area contributed by atoms with Crippen LogP contribution >= 0.6 is 12.4 Å². The number of aryl methyl sites for hydroxylation is 1. The van der Waals surface area contributed by atoms with Crippen LogP contribution in [-0.4, -0.2) is 74.0 Å². The Balaban J connectivity index is 0.00000210. The molecule has 0 amide bonds. The molecule has 8 nitrogen and oxygen atoms in total. The first-order chi connectivity index (χ1) is 12.6. The molecule has 9 heteroatoms. The summed E-state index contributed by atoms with van der Waals surface area (Å²) in [6.45, 7) is 3.62. The van der Waals surface area contributed by atoms with Gasteiger partial charge in [-0.25, -0.2) is 9.50 Å². The number of imidazole rings is 1. The van der Waals surface area contributed by atoms with Gasteiger partial charge in [-0.3, -0.25) is 0 Å². The Kier molecular flexibility index (Phi) is 6.22. The van der Waals surface area contributed by atoms with Crippen LogP contribution in [0.15, 0.2) is 12.1 Å². The summed E-state index contributed by atoms with van der Waals surface area (Å²) in [5.74, 6) is 1.61. The maximum Gasteiger partial charge on any atom is 0.149 e.